The Labute approximate surface area is 137 Å². The maximum Gasteiger partial charge on any atom is 0.0200 e. The van der Waals surface area contributed by atoms with E-state index in [1.165, 1.54) is 0 Å². The number of hydrogen-bond acceptors (Lipinski definition) is 1. The first-order valence-corrected chi connectivity index (χ1v) is 6.61. The minimum absolute atomic E-state index is 0. The minimum Gasteiger partial charge on any atom is -0.666 e. The molecule has 1 aliphatic heterocycles. The summed E-state index contributed by atoms with van der Waals surface area (Å²) >= 11 is 0. The van der Waals surface area contributed by atoms with Crippen molar-refractivity contribution in [3.8, 4) is 0 Å². The van der Waals surface area contributed by atoms with Gasteiger partial charge in [-0.05, 0) is 12.1 Å². The first kappa shape index (κ1) is 22.7. The van der Waals surface area contributed by atoms with Crippen molar-refractivity contribution in [1.82, 2.24) is 4.98 Å². The molecule has 1 aliphatic rings. The zero-order valence-corrected chi connectivity index (χ0v) is 13.3. The van der Waals surface area contributed by atoms with Gasteiger partial charge >= 0.3 is 0 Å². The number of hydrogen-bond donors (Lipinski definition) is 0. The Hall–Kier alpha value is -0.531. The maximum atomic E-state index is 4.60. The Bertz CT molecular complexity index is 326. The van der Waals surface area contributed by atoms with Crippen LogP contribution in [0.1, 0.15) is 17.8 Å². The van der Waals surface area contributed by atoms with Crippen molar-refractivity contribution in [1.29, 1.82) is 0 Å². The van der Waals surface area contributed by atoms with Crippen LogP contribution in [0.3, 0.4) is 0 Å². The zero-order valence-electron chi connectivity index (χ0n) is 12.1. The van der Waals surface area contributed by atoms with E-state index >= 15 is 0 Å². The first-order chi connectivity index (χ1) is 8.95. The minimum atomic E-state index is 0. The Kier molecular flexibility index (Phi) is 15.6. The summed E-state index contributed by atoms with van der Waals surface area (Å²) in [6, 6.07) is 6.18. The van der Waals surface area contributed by atoms with Gasteiger partial charge in [0.15, 0.2) is 0 Å². The van der Waals surface area contributed by atoms with Gasteiger partial charge in [-0.3, -0.25) is 4.98 Å². The summed E-state index contributed by atoms with van der Waals surface area (Å²) < 4.78 is 0. The molecule has 123 valence electrons. The van der Waals surface area contributed by atoms with Crippen molar-refractivity contribution in [2.45, 2.75) is 19.4 Å². The van der Waals surface area contributed by atoms with Crippen LogP contribution in [-0.4, -0.2) is 48.7 Å². The number of nitrogens with zero attached hydrogens (tertiary/aromatic N) is 4. The molecule has 2 bridgehead atoms. The van der Waals surface area contributed by atoms with Gasteiger partial charge in [0, 0.05) is 28.5 Å². The van der Waals surface area contributed by atoms with Gasteiger partial charge < -0.3 is 33.3 Å². The standard InChI is InChI=1S/C14H20N4.Mn.2H2O/c1-2-7-15-8-9-16-10-11-17-12-14-6-3-5-13(4-1)18-14;;;/h1,3,5-6H,2,4,7-12H2;;2*1H2/q-4;;;. The summed E-state index contributed by atoms with van der Waals surface area (Å²) in [4.78, 5) is 4.60. The normalized spacial score (nSPS) is 17.0. The van der Waals surface area contributed by atoms with E-state index in [1.54, 1.807) is 0 Å². The maximum absolute atomic E-state index is 4.60. The summed E-state index contributed by atoms with van der Waals surface area (Å²) in [6.45, 7) is 4.88. The van der Waals surface area contributed by atoms with Crippen LogP contribution in [0.5, 0.6) is 0 Å². The van der Waals surface area contributed by atoms with Crippen molar-refractivity contribution in [2.75, 3.05) is 32.7 Å². The third-order valence-corrected chi connectivity index (χ3v) is 2.82. The second-order valence-corrected chi connectivity index (χ2v) is 4.35. The molecule has 0 saturated carbocycles. The molecule has 1 aromatic rings. The average molecular weight is 335 g/mol. The van der Waals surface area contributed by atoms with Gasteiger partial charge in [-0.25, -0.2) is 0 Å². The smallest absolute Gasteiger partial charge is 0.0200 e. The molecule has 0 spiro atoms. The summed E-state index contributed by atoms with van der Waals surface area (Å²) in [5.74, 6) is 0. The molecule has 0 atom stereocenters. The molecule has 0 aromatic carbocycles. The van der Waals surface area contributed by atoms with E-state index in [9.17, 15) is 0 Å². The van der Waals surface area contributed by atoms with Crippen LogP contribution < -0.4 is 0 Å². The molecule has 0 saturated heterocycles. The van der Waals surface area contributed by atoms with E-state index in [2.05, 4.69) is 39.5 Å². The van der Waals surface area contributed by atoms with Gasteiger partial charge in [-0.1, -0.05) is 6.07 Å². The molecule has 0 unspecified atom stereocenters. The SMILES string of the molecule is O.O.[Mn].c1cc2nc(c1)C[N-]CC[N-]CC[N-]CC[CH-]C2. The van der Waals surface area contributed by atoms with Crippen LogP contribution in [-0.2, 0) is 30.0 Å². The van der Waals surface area contributed by atoms with Crippen molar-refractivity contribution in [3.05, 3.63) is 52.0 Å². The van der Waals surface area contributed by atoms with Gasteiger partial charge in [0.05, 0.1) is 0 Å². The fourth-order valence-corrected chi connectivity index (χ4v) is 1.86. The van der Waals surface area contributed by atoms with Gasteiger partial charge in [0.1, 0.15) is 0 Å². The average Bonchev–Trinajstić information content (AvgIpc) is 2.40. The summed E-state index contributed by atoms with van der Waals surface area (Å²) in [5.41, 5.74) is 2.18. The number of fused-ring (bicyclic) bond motifs is 2. The van der Waals surface area contributed by atoms with Gasteiger partial charge in [0.2, 0.25) is 0 Å². The fourth-order valence-electron chi connectivity index (χ4n) is 1.86. The number of pyridine rings is 1. The van der Waals surface area contributed by atoms with Crippen LogP contribution in [0.4, 0.5) is 0 Å². The first-order valence-electron chi connectivity index (χ1n) is 6.61. The monoisotopic (exact) mass is 335 g/mol. The number of rotatable bonds is 0. The molecule has 21 heavy (non-hydrogen) atoms. The van der Waals surface area contributed by atoms with Crippen molar-refractivity contribution in [2.24, 2.45) is 0 Å². The Morgan fingerprint density at radius 2 is 1.48 bits per heavy atom. The molecule has 2 heterocycles. The summed E-state index contributed by atoms with van der Waals surface area (Å²) in [7, 11) is 0. The van der Waals surface area contributed by atoms with Gasteiger partial charge in [-0.15, -0.1) is 13.0 Å². The second kappa shape index (κ2) is 14.4. The summed E-state index contributed by atoms with van der Waals surface area (Å²) in [5, 5.41) is 13.3. The molecule has 0 amide bonds. The largest absolute Gasteiger partial charge is 0.666 e. The molecule has 7 heteroatoms. The van der Waals surface area contributed by atoms with E-state index in [0.717, 1.165) is 57.0 Å². The van der Waals surface area contributed by atoms with E-state index in [4.69, 9.17) is 0 Å². The molecule has 0 fully saturated rings. The third-order valence-electron chi connectivity index (χ3n) is 2.82. The molecule has 2 rings (SSSR count). The van der Waals surface area contributed by atoms with E-state index in [1.807, 2.05) is 6.07 Å². The van der Waals surface area contributed by atoms with Crippen LogP contribution in [0.25, 0.3) is 16.0 Å². The Morgan fingerprint density at radius 1 is 0.857 bits per heavy atom. The molecule has 1 aromatic heterocycles. The second-order valence-electron chi connectivity index (χ2n) is 4.35. The van der Waals surface area contributed by atoms with E-state index in [0.29, 0.717) is 6.54 Å². The molecule has 4 N–H and O–H groups in total. The van der Waals surface area contributed by atoms with Crippen LogP contribution in [0.2, 0.25) is 0 Å². The van der Waals surface area contributed by atoms with E-state index < -0.39 is 0 Å². The predicted molar refractivity (Wildman–Crippen MR) is 82.2 cm³/mol. The fraction of sp³-hybridized carbons (Fsp3) is 0.571. The number of aromatic nitrogens is 1. The zero-order chi connectivity index (χ0) is 12.5. The van der Waals surface area contributed by atoms with Gasteiger partial charge in [0.25, 0.3) is 0 Å². The van der Waals surface area contributed by atoms with Crippen LogP contribution in [0.15, 0.2) is 18.2 Å². The third kappa shape index (κ3) is 9.92. The van der Waals surface area contributed by atoms with Crippen molar-refractivity contribution >= 4 is 0 Å². The van der Waals surface area contributed by atoms with Crippen molar-refractivity contribution in [3.63, 3.8) is 0 Å². The quantitative estimate of drug-likeness (QED) is 0.514. The Balaban J connectivity index is 0. The topological polar surface area (TPSA) is 118 Å². The molecular formula is C14H24MnN4O2-4. The van der Waals surface area contributed by atoms with Gasteiger partial charge in [-0.2, -0.15) is 39.1 Å². The van der Waals surface area contributed by atoms with E-state index in [-0.39, 0.29) is 28.0 Å². The Morgan fingerprint density at radius 3 is 2.24 bits per heavy atom. The molecular weight excluding hydrogens is 311 g/mol. The molecule has 1 radical (unpaired) electrons. The molecule has 0 aliphatic carbocycles. The predicted octanol–water partition coefficient (Wildman–Crippen LogP) is 1.20. The van der Waals surface area contributed by atoms with Crippen LogP contribution in [0, 0.1) is 6.42 Å². The van der Waals surface area contributed by atoms with Crippen molar-refractivity contribution < 1.29 is 28.0 Å². The van der Waals surface area contributed by atoms with Crippen LogP contribution >= 0.6 is 0 Å². The molecule has 6 nitrogen and oxygen atoms in total. The summed E-state index contributed by atoms with van der Waals surface area (Å²) in [6.07, 6.45) is 4.20.